The summed E-state index contributed by atoms with van der Waals surface area (Å²) < 4.78 is 24.9. The van der Waals surface area contributed by atoms with Gasteiger partial charge in [-0.3, -0.25) is 0 Å². The number of carbonyl (C=O) groups excluding carboxylic acids is 2. The Balaban J connectivity index is 5.76. The maximum atomic E-state index is 13.6. The molecule has 6 nitrogen and oxygen atoms in total. The standard InChI is InChI=1S/2C8H16O3S.2C8H17.Sn/c2*1-11-5-3-2-4-7(6-12)8(9)10;2*1-3-5-7-8-6-4-2;/h2*7,12H,2-6H2,1H3,(H,9,10);2*1,3-8H2,2H3;/q;;;;+2/p-2. The molecule has 0 aromatic carbocycles. The normalized spacial score (nSPS) is 13.2. The number of hydrogen-bond donors (Lipinski definition) is 2. The van der Waals surface area contributed by atoms with Crippen molar-refractivity contribution < 1.29 is 25.2 Å². The average molecular weight is 728 g/mol. The molecule has 0 aromatic heterocycles. The van der Waals surface area contributed by atoms with E-state index < -0.39 is 19.2 Å². The van der Waals surface area contributed by atoms with E-state index in [0.29, 0.717) is 37.6 Å². The number of thiol groups is 2. The molecule has 41 heavy (non-hydrogen) atoms. The Morgan fingerprint density at radius 3 is 1.27 bits per heavy atom. The van der Waals surface area contributed by atoms with Crippen molar-refractivity contribution in [2.75, 3.05) is 38.9 Å². The Bertz CT molecular complexity index is 573. The predicted molar refractivity (Wildman–Crippen MR) is 180 cm³/mol. The average Bonchev–Trinajstić information content (AvgIpc) is 2.96. The van der Waals surface area contributed by atoms with Gasteiger partial charge in [0.2, 0.25) is 0 Å². The summed E-state index contributed by atoms with van der Waals surface area (Å²) in [6.07, 6.45) is 18.8. The van der Waals surface area contributed by atoms with Crippen molar-refractivity contribution in [2.24, 2.45) is 11.8 Å². The van der Waals surface area contributed by atoms with Crippen LogP contribution in [0.1, 0.15) is 129 Å². The molecular weight excluding hydrogens is 663 g/mol. The van der Waals surface area contributed by atoms with Crippen molar-refractivity contribution in [3.8, 4) is 0 Å². The van der Waals surface area contributed by atoms with Crippen molar-refractivity contribution in [3.63, 3.8) is 0 Å². The van der Waals surface area contributed by atoms with E-state index in [9.17, 15) is 9.59 Å². The molecule has 9 heteroatoms. The SMILES string of the molecule is CCCCCCC[CH2][Sn]([CH2]CCCCCCC)([O]C(=O)C(CS)CCCCOC)[O]C(=O)C(CS)CCCCOC. The molecule has 0 radical (unpaired) electrons. The monoisotopic (exact) mass is 728 g/mol. The van der Waals surface area contributed by atoms with E-state index in [1.807, 2.05) is 0 Å². The number of carbonyl (C=O) groups is 2. The van der Waals surface area contributed by atoms with Gasteiger partial charge in [-0.15, -0.1) is 0 Å². The molecule has 0 heterocycles. The number of unbranched alkanes of at least 4 members (excludes halogenated alkanes) is 12. The molecule has 0 aliphatic rings. The van der Waals surface area contributed by atoms with Gasteiger partial charge in [-0.2, -0.15) is 0 Å². The summed E-state index contributed by atoms with van der Waals surface area (Å²) in [5.74, 6) is -0.105. The van der Waals surface area contributed by atoms with E-state index in [-0.39, 0.29) is 23.8 Å². The van der Waals surface area contributed by atoms with E-state index >= 15 is 0 Å². The second-order valence-corrected chi connectivity index (χ2v) is 21.5. The van der Waals surface area contributed by atoms with Crippen molar-refractivity contribution >= 4 is 56.4 Å². The maximum absolute atomic E-state index is 13.6. The van der Waals surface area contributed by atoms with Gasteiger partial charge in [-0.05, 0) is 0 Å². The first kappa shape index (κ1) is 41.4. The molecule has 0 spiro atoms. The quantitative estimate of drug-likeness (QED) is 0.0438. The van der Waals surface area contributed by atoms with Crippen LogP contribution in [-0.2, 0) is 25.2 Å². The fourth-order valence-electron chi connectivity index (χ4n) is 5.07. The van der Waals surface area contributed by atoms with Gasteiger partial charge < -0.3 is 0 Å². The summed E-state index contributed by atoms with van der Waals surface area (Å²) in [6, 6.07) is 0. The fraction of sp³-hybridized carbons (Fsp3) is 0.938. The summed E-state index contributed by atoms with van der Waals surface area (Å²) in [5.41, 5.74) is 0. The van der Waals surface area contributed by atoms with Crippen LogP contribution < -0.4 is 0 Å². The Morgan fingerprint density at radius 1 is 0.561 bits per heavy atom. The first-order valence-corrected chi connectivity index (χ1v) is 24.2. The molecule has 0 aliphatic heterocycles. The van der Waals surface area contributed by atoms with E-state index in [1.54, 1.807) is 14.2 Å². The molecule has 0 aromatic rings. The zero-order valence-corrected chi connectivity index (χ0v) is 31.6. The Hall–Kier alpha value is 0.359. The second-order valence-electron chi connectivity index (χ2n) is 11.5. The molecule has 0 N–H and O–H groups in total. The van der Waals surface area contributed by atoms with Gasteiger partial charge in [0.05, 0.1) is 0 Å². The zero-order chi connectivity index (χ0) is 30.6. The molecule has 2 atom stereocenters. The van der Waals surface area contributed by atoms with Crippen LogP contribution >= 0.6 is 25.3 Å². The second kappa shape index (κ2) is 29.1. The van der Waals surface area contributed by atoms with Gasteiger partial charge in [-0.25, -0.2) is 0 Å². The van der Waals surface area contributed by atoms with Gasteiger partial charge in [0.25, 0.3) is 0 Å². The summed E-state index contributed by atoms with van der Waals surface area (Å²) >= 11 is 4.88. The molecule has 0 aliphatic carbocycles. The molecule has 0 bridgehead atoms. The Kier molecular flexibility index (Phi) is 29.3. The fourth-order valence-corrected chi connectivity index (χ4v) is 15.3. The van der Waals surface area contributed by atoms with E-state index in [0.717, 1.165) is 60.2 Å². The van der Waals surface area contributed by atoms with Crippen molar-refractivity contribution in [1.82, 2.24) is 0 Å². The third-order valence-corrected chi connectivity index (χ3v) is 18.3. The van der Waals surface area contributed by atoms with Crippen LogP contribution in [0, 0.1) is 11.8 Å². The molecule has 0 amide bonds. The minimum absolute atomic E-state index is 0.208. The summed E-state index contributed by atoms with van der Waals surface area (Å²) in [6.45, 7) is 5.81. The van der Waals surface area contributed by atoms with Crippen molar-refractivity contribution in [3.05, 3.63) is 0 Å². The van der Waals surface area contributed by atoms with Crippen molar-refractivity contribution in [2.45, 2.75) is 138 Å². The van der Waals surface area contributed by atoms with Crippen molar-refractivity contribution in [1.29, 1.82) is 0 Å². The van der Waals surface area contributed by atoms with Gasteiger partial charge in [0.15, 0.2) is 0 Å². The molecule has 244 valence electrons. The third-order valence-electron chi connectivity index (χ3n) is 7.81. The van der Waals surface area contributed by atoms with Crippen LogP contribution in [0.25, 0.3) is 0 Å². The first-order valence-electron chi connectivity index (χ1n) is 16.6. The Morgan fingerprint density at radius 2 is 0.927 bits per heavy atom. The molecule has 0 saturated heterocycles. The predicted octanol–water partition coefficient (Wildman–Crippen LogP) is 8.96. The van der Waals surface area contributed by atoms with Crippen LogP contribution in [-0.4, -0.2) is 70.1 Å². The van der Waals surface area contributed by atoms with Crippen LogP contribution in [0.2, 0.25) is 8.87 Å². The number of hydrogen-bond acceptors (Lipinski definition) is 8. The van der Waals surface area contributed by atoms with Gasteiger partial charge >= 0.3 is 271 Å². The van der Waals surface area contributed by atoms with Gasteiger partial charge in [-0.1, -0.05) is 0 Å². The number of ether oxygens (including phenoxy) is 2. The van der Waals surface area contributed by atoms with Crippen LogP contribution in [0.3, 0.4) is 0 Å². The van der Waals surface area contributed by atoms with Crippen LogP contribution in [0.15, 0.2) is 0 Å². The van der Waals surface area contributed by atoms with Crippen LogP contribution in [0.5, 0.6) is 0 Å². The van der Waals surface area contributed by atoms with Crippen LogP contribution in [0.4, 0.5) is 0 Å². The minimum atomic E-state index is -4.12. The van der Waals surface area contributed by atoms with E-state index in [1.165, 1.54) is 51.4 Å². The molecule has 0 saturated carbocycles. The molecular formula is C32H64O6S2Sn. The summed E-state index contributed by atoms with van der Waals surface area (Å²) in [7, 11) is 3.39. The number of rotatable bonds is 30. The van der Waals surface area contributed by atoms with E-state index in [4.69, 9.17) is 15.6 Å². The third kappa shape index (κ3) is 21.7. The van der Waals surface area contributed by atoms with Gasteiger partial charge in [0, 0.05) is 0 Å². The van der Waals surface area contributed by atoms with E-state index in [2.05, 4.69) is 39.1 Å². The molecule has 2 unspecified atom stereocenters. The topological polar surface area (TPSA) is 71.1 Å². The first-order chi connectivity index (χ1) is 19.9. The molecule has 0 fully saturated rings. The Labute approximate surface area is 269 Å². The van der Waals surface area contributed by atoms with Gasteiger partial charge in [0.1, 0.15) is 0 Å². The molecule has 0 rings (SSSR count). The summed E-state index contributed by atoms with van der Waals surface area (Å²) in [4.78, 5) is 27.2. The number of methoxy groups -OCH3 is 2. The zero-order valence-electron chi connectivity index (χ0n) is 27.0. The summed E-state index contributed by atoms with van der Waals surface area (Å²) in [5, 5.41) is 0.